The van der Waals surface area contributed by atoms with Gasteiger partial charge in [0, 0.05) is 5.56 Å². The Morgan fingerprint density at radius 1 is 1.17 bits per heavy atom. The summed E-state index contributed by atoms with van der Waals surface area (Å²) >= 11 is 0. The van der Waals surface area contributed by atoms with Gasteiger partial charge in [0.2, 0.25) is 0 Å². The van der Waals surface area contributed by atoms with Gasteiger partial charge in [-0.25, -0.2) is 0 Å². The maximum atomic E-state index is 9.36. The lowest BCUT2D eigenvalue weighted by Gasteiger charge is -2.05. The van der Waals surface area contributed by atoms with Gasteiger partial charge in [0.05, 0.1) is 0 Å². The monoisotopic (exact) mass is 166 g/mol. The molecule has 0 radical (unpaired) electrons. The molecule has 0 saturated carbocycles. The van der Waals surface area contributed by atoms with Gasteiger partial charge in [0.25, 0.3) is 0 Å². The second-order valence-corrected chi connectivity index (χ2v) is 2.88. The summed E-state index contributed by atoms with van der Waals surface area (Å²) in [4.78, 5) is 0. The summed E-state index contributed by atoms with van der Waals surface area (Å²) in [6.45, 7) is 2.08. The molecular weight excluding hydrogens is 152 g/mol. The molecule has 0 heterocycles. The molecular formula is C10H14O2. The molecule has 0 bridgehead atoms. The smallest absolute Gasteiger partial charge is 0.122 e. The summed E-state index contributed by atoms with van der Waals surface area (Å²) in [5.74, 6) is 0.395. The first-order chi connectivity index (χ1) is 5.75. The van der Waals surface area contributed by atoms with E-state index >= 15 is 0 Å². The molecule has 12 heavy (non-hydrogen) atoms. The van der Waals surface area contributed by atoms with E-state index in [0.717, 1.165) is 19.3 Å². The van der Waals surface area contributed by atoms with Crippen LogP contribution in [0.1, 0.15) is 25.3 Å². The number of benzene rings is 1. The van der Waals surface area contributed by atoms with Crippen LogP contribution in [0.5, 0.6) is 11.5 Å². The number of rotatable bonds is 3. The first-order valence-electron chi connectivity index (χ1n) is 4.25. The molecule has 1 rings (SSSR count). The van der Waals surface area contributed by atoms with Gasteiger partial charge in [-0.1, -0.05) is 19.4 Å². The Kier molecular flexibility index (Phi) is 2.97. The zero-order valence-corrected chi connectivity index (χ0v) is 7.25. The van der Waals surface area contributed by atoms with Crippen molar-refractivity contribution in [3.05, 3.63) is 23.8 Å². The molecule has 0 amide bonds. The summed E-state index contributed by atoms with van der Waals surface area (Å²) < 4.78 is 0. The minimum absolute atomic E-state index is 0.198. The van der Waals surface area contributed by atoms with Crippen molar-refractivity contribution in [1.82, 2.24) is 0 Å². The van der Waals surface area contributed by atoms with E-state index in [2.05, 4.69) is 6.92 Å². The van der Waals surface area contributed by atoms with Crippen molar-refractivity contribution in [2.45, 2.75) is 26.2 Å². The lowest BCUT2D eigenvalue weighted by atomic mass is 10.1. The lowest BCUT2D eigenvalue weighted by Crippen LogP contribution is -1.86. The summed E-state index contributed by atoms with van der Waals surface area (Å²) in [6, 6.07) is 4.84. The van der Waals surface area contributed by atoms with Gasteiger partial charge in [0.1, 0.15) is 11.5 Å². The highest BCUT2D eigenvalue weighted by Gasteiger charge is 2.04. The number of hydrogen-bond donors (Lipinski definition) is 2. The fourth-order valence-electron chi connectivity index (χ4n) is 1.17. The molecule has 0 aliphatic heterocycles. The third-order valence-electron chi connectivity index (χ3n) is 1.91. The zero-order chi connectivity index (χ0) is 8.97. The Morgan fingerprint density at radius 3 is 2.25 bits per heavy atom. The average Bonchev–Trinajstić information content (AvgIpc) is 2.04. The normalized spacial score (nSPS) is 10.1. The van der Waals surface area contributed by atoms with Crippen LogP contribution in [0.4, 0.5) is 0 Å². The van der Waals surface area contributed by atoms with Gasteiger partial charge >= 0.3 is 0 Å². The third kappa shape index (κ3) is 1.91. The first kappa shape index (κ1) is 8.91. The van der Waals surface area contributed by atoms with Crippen LogP contribution in [-0.2, 0) is 6.42 Å². The van der Waals surface area contributed by atoms with Gasteiger partial charge in [-0.05, 0) is 25.0 Å². The molecule has 0 spiro atoms. The molecule has 2 heteroatoms. The van der Waals surface area contributed by atoms with E-state index in [1.54, 1.807) is 18.2 Å². The zero-order valence-electron chi connectivity index (χ0n) is 7.25. The number of hydrogen-bond acceptors (Lipinski definition) is 2. The number of unbranched alkanes of at least 4 members (excludes halogenated alkanes) is 1. The van der Waals surface area contributed by atoms with Gasteiger partial charge < -0.3 is 10.2 Å². The highest BCUT2D eigenvalue weighted by Crippen LogP contribution is 2.27. The van der Waals surface area contributed by atoms with E-state index in [-0.39, 0.29) is 11.5 Å². The summed E-state index contributed by atoms with van der Waals surface area (Å²) in [7, 11) is 0. The number of phenols is 2. The fraction of sp³-hybridized carbons (Fsp3) is 0.400. The molecule has 1 aromatic rings. The molecule has 0 aliphatic rings. The Hall–Kier alpha value is -1.18. The maximum Gasteiger partial charge on any atom is 0.122 e. The average molecular weight is 166 g/mol. The van der Waals surface area contributed by atoms with E-state index in [0.29, 0.717) is 5.56 Å². The van der Waals surface area contributed by atoms with Crippen LogP contribution in [0.3, 0.4) is 0 Å². The second kappa shape index (κ2) is 4.00. The van der Waals surface area contributed by atoms with Gasteiger partial charge in [-0.2, -0.15) is 0 Å². The molecule has 0 aliphatic carbocycles. The van der Waals surface area contributed by atoms with Crippen molar-refractivity contribution in [2.24, 2.45) is 0 Å². The highest BCUT2D eigenvalue weighted by atomic mass is 16.3. The third-order valence-corrected chi connectivity index (χ3v) is 1.91. The van der Waals surface area contributed by atoms with E-state index in [1.165, 1.54) is 0 Å². The molecule has 2 N–H and O–H groups in total. The molecule has 1 aromatic carbocycles. The lowest BCUT2D eigenvalue weighted by molar-refractivity contribution is 0.436. The Bertz CT molecular complexity index is 236. The van der Waals surface area contributed by atoms with Crippen LogP contribution in [-0.4, -0.2) is 10.2 Å². The van der Waals surface area contributed by atoms with Crippen LogP contribution in [0.2, 0.25) is 0 Å². The Labute approximate surface area is 72.5 Å². The van der Waals surface area contributed by atoms with Crippen molar-refractivity contribution in [3.63, 3.8) is 0 Å². The van der Waals surface area contributed by atoms with E-state index in [4.69, 9.17) is 0 Å². The van der Waals surface area contributed by atoms with Crippen LogP contribution >= 0.6 is 0 Å². The van der Waals surface area contributed by atoms with Crippen LogP contribution < -0.4 is 0 Å². The van der Waals surface area contributed by atoms with Crippen LogP contribution in [0.15, 0.2) is 18.2 Å². The topological polar surface area (TPSA) is 40.5 Å². The Balaban J connectivity index is 2.81. The van der Waals surface area contributed by atoms with Crippen molar-refractivity contribution >= 4 is 0 Å². The minimum Gasteiger partial charge on any atom is -0.508 e. The summed E-state index contributed by atoms with van der Waals surface area (Å²) in [5, 5.41) is 18.7. The van der Waals surface area contributed by atoms with Gasteiger partial charge in [0.15, 0.2) is 0 Å². The molecule has 0 unspecified atom stereocenters. The molecule has 66 valence electrons. The molecule has 0 saturated heterocycles. The van der Waals surface area contributed by atoms with Crippen molar-refractivity contribution in [3.8, 4) is 11.5 Å². The predicted octanol–water partition coefficient (Wildman–Crippen LogP) is 2.44. The summed E-state index contributed by atoms with van der Waals surface area (Å²) in [5.41, 5.74) is 0.666. The standard InChI is InChI=1S/C10H14O2/c1-2-3-5-8-9(11)6-4-7-10(8)12/h4,6-7,11-12H,2-3,5H2,1H3. The number of aromatic hydroxyl groups is 2. The van der Waals surface area contributed by atoms with Crippen molar-refractivity contribution in [2.75, 3.05) is 0 Å². The Morgan fingerprint density at radius 2 is 1.75 bits per heavy atom. The largest absolute Gasteiger partial charge is 0.508 e. The second-order valence-electron chi connectivity index (χ2n) is 2.88. The molecule has 0 aromatic heterocycles. The van der Waals surface area contributed by atoms with E-state index in [1.807, 2.05) is 0 Å². The quantitative estimate of drug-likeness (QED) is 0.724. The minimum atomic E-state index is 0.198. The predicted molar refractivity (Wildman–Crippen MR) is 48.4 cm³/mol. The maximum absolute atomic E-state index is 9.36. The first-order valence-corrected chi connectivity index (χ1v) is 4.25. The molecule has 2 nitrogen and oxygen atoms in total. The van der Waals surface area contributed by atoms with Crippen molar-refractivity contribution < 1.29 is 10.2 Å². The number of phenolic OH excluding ortho intramolecular Hbond substituents is 2. The molecule has 0 atom stereocenters. The summed E-state index contributed by atoms with van der Waals surface area (Å²) in [6.07, 6.45) is 2.80. The van der Waals surface area contributed by atoms with Gasteiger partial charge in [-0.15, -0.1) is 0 Å². The fourth-order valence-corrected chi connectivity index (χ4v) is 1.17. The highest BCUT2D eigenvalue weighted by molar-refractivity contribution is 5.42. The van der Waals surface area contributed by atoms with Crippen LogP contribution in [0.25, 0.3) is 0 Å². The van der Waals surface area contributed by atoms with Crippen molar-refractivity contribution in [1.29, 1.82) is 0 Å². The van der Waals surface area contributed by atoms with E-state index < -0.39 is 0 Å². The van der Waals surface area contributed by atoms with Crippen LogP contribution in [0, 0.1) is 0 Å². The van der Waals surface area contributed by atoms with Gasteiger partial charge in [-0.3, -0.25) is 0 Å². The van der Waals surface area contributed by atoms with E-state index in [9.17, 15) is 10.2 Å². The SMILES string of the molecule is CCCCc1c(O)cccc1O. The molecule has 0 fully saturated rings.